The summed E-state index contributed by atoms with van der Waals surface area (Å²) < 4.78 is 27.3. The molecule has 1 amide bonds. The zero-order valence-electron chi connectivity index (χ0n) is 16.5. The van der Waals surface area contributed by atoms with Crippen LogP contribution in [0.15, 0.2) is 53.4 Å². The summed E-state index contributed by atoms with van der Waals surface area (Å²) in [4.78, 5) is 13.3. The van der Waals surface area contributed by atoms with Gasteiger partial charge in [0.25, 0.3) is 0 Å². The summed E-state index contributed by atoms with van der Waals surface area (Å²) in [5.41, 5.74) is 3.11. The molecule has 1 fully saturated rings. The average Bonchev–Trinajstić information content (AvgIpc) is 2.74. The number of anilines is 1. The second kappa shape index (κ2) is 8.88. The van der Waals surface area contributed by atoms with Gasteiger partial charge in [0.1, 0.15) is 0 Å². The molecule has 0 radical (unpaired) electrons. The summed E-state index contributed by atoms with van der Waals surface area (Å²) in [5, 5.41) is 3.10. The molecule has 0 aliphatic carbocycles. The number of para-hydroxylation sites is 1. The lowest BCUT2D eigenvalue weighted by Crippen LogP contribution is -2.43. The van der Waals surface area contributed by atoms with E-state index in [9.17, 15) is 13.2 Å². The number of sulfonamides is 1. The van der Waals surface area contributed by atoms with Gasteiger partial charge in [-0.05, 0) is 48.9 Å². The van der Waals surface area contributed by atoms with Crippen LogP contribution in [0.4, 0.5) is 5.69 Å². The fourth-order valence-corrected chi connectivity index (χ4v) is 5.29. The Balaban J connectivity index is 1.77. The van der Waals surface area contributed by atoms with Crippen LogP contribution in [0.2, 0.25) is 0 Å². The molecular formula is C22H28N2O3S. The molecule has 1 aliphatic rings. The van der Waals surface area contributed by atoms with Crippen molar-refractivity contribution in [3.8, 4) is 0 Å². The number of carbonyl (C=O) groups excluding carboxylic acids is 1. The fraction of sp³-hybridized carbons (Fsp3) is 0.409. The van der Waals surface area contributed by atoms with Gasteiger partial charge in [-0.15, -0.1) is 0 Å². The third-order valence-electron chi connectivity index (χ3n) is 5.38. The van der Waals surface area contributed by atoms with E-state index in [0.717, 1.165) is 29.7 Å². The number of benzene rings is 2. The molecule has 0 saturated carbocycles. The highest BCUT2D eigenvalue weighted by molar-refractivity contribution is 7.89. The normalized spacial score (nSPS) is 18.0. The van der Waals surface area contributed by atoms with Crippen molar-refractivity contribution in [2.75, 3.05) is 18.4 Å². The van der Waals surface area contributed by atoms with Crippen molar-refractivity contribution in [3.63, 3.8) is 0 Å². The van der Waals surface area contributed by atoms with Crippen LogP contribution in [0.1, 0.15) is 37.8 Å². The van der Waals surface area contributed by atoms with Crippen LogP contribution in [-0.2, 0) is 27.7 Å². The highest BCUT2D eigenvalue weighted by atomic mass is 32.2. The number of aryl methyl sites for hydroxylation is 2. The van der Waals surface area contributed by atoms with Crippen molar-refractivity contribution in [1.82, 2.24) is 4.31 Å². The summed E-state index contributed by atoms with van der Waals surface area (Å²) in [6, 6.07) is 14.5. The van der Waals surface area contributed by atoms with Gasteiger partial charge in [0.15, 0.2) is 0 Å². The number of carbonyl (C=O) groups is 1. The molecule has 0 spiro atoms. The Hall–Kier alpha value is -2.18. The Kier molecular flexibility index (Phi) is 6.52. The minimum absolute atomic E-state index is 0.0939. The van der Waals surface area contributed by atoms with Gasteiger partial charge >= 0.3 is 0 Å². The van der Waals surface area contributed by atoms with Crippen molar-refractivity contribution < 1.29 is 13.2 Å². The molecule has 1 aliphatic heterocycles. The monoisotopic (exact) mass is 400 g/mol. The molecule has 3 rings (SSSR count). The predicted molar refractivity (Wildman–Crippen MR) is 112 cm³/mol. The number of rotatable bonds is 6. The quantitative estimate of drug-likeness (QED) is 0.801. The van der Waals surface area contributed by atoms with Gasteiger partial charge < -0.3 is 5.32 Å². The second-order valence-electron chi connectivity index (χ2n) is 7.16. The van der Waals surface area contributed by atoms with Crippen molar-refractivity contribution in [1.29, 1.82) is 0 Å². The Labute approximate surface area is 167 Å². The van der Waals surface area contributed by atoms with Crippen molar-refractivity contribution in [2.24, 2.45) is 5.92 Å². The Morgan fingerprint density at radius 3 is 2.29 bits per heavy atom. The Bertz CT molecular complexity index is 904. The number of amides is 1. The zero-order valence-corrected chi connectivity index (χ0v) is 17.3. The molecule has 6 heteroatoms. The minimum Gasteiger partial charge on any atom is -0.325 e. The van der Waals surface area contributed by atoms with Crippen LogP contribution in [0, 0.1) is 5.92 Å². The van der Waals surface area contributed by atoms with Gasteiger partial charge in [0, 0.05) is 18.8 Å². The highest BCUT2D eigenvalue weighted by Crippen LogP contribution is 2.27. The predicted octanol–water partition coefficient (Wildman–Crippen LogP) is 3.85. The van der Waals surface area contributed by atoms with Gasteiger partial charge in [-0.3, -0.25) is 4.79 Å². The summed E-state index contributed by atoms with van der Waals surface area (Å²) in [5.74, 6) is -0.439. The maximum absolute atomic E-state index is 13.0. The number of nitrogens with one attached hydrogen (secondary N) is 1. The lowest BCUT2D eigenvalue weighted by Gasteiger charge is -2.31. The van der Waals surface area contributed by atoms with E-state index in [2.05, 4.69) is 19.2 Å². The minimum atomic E-state index is -3.57. The van der Waals surface area contributed by atoms with Crippen LogP contribution in [0.3, 0.4) is 0 Å². The molecule has 0 unspecified atom stereocenters. The summed E-state index contributed by atoms with van der Waals surface area (Å²) in [6.07, 6.45) is 3.05. The molecule has 5 nitrogen and oxygen atoms in total. The SMILES string of the molecule is CCc1cccc(CC)c1NC(=O)[C@@H]1CCCN(S(=O)(=O)c2ccccc2)C1. The molecule has 1 saturated heterocycles. The third kappa shape index (κ3) is 4.28. The molecule has 2 aromatic carbocycles. The first-order chi connectivity index (χ1) is 13.5. The number of nitrogens with zero attached hydrogens (tertiary/aromatic N) is 1. The van der Waals surface area contributed by atoms with E-state index in [1.165, 1.54) is 4.31 Å². The topological polar surface area (TPSA) is 66.5 Å². The number of piperidine rings is 1. The van der Waals surface area contributed by atoms with E-state index in [-0.39, 0.29) is 23.3 Å². The summed E-state index contributed by atoms with van der Waals surface area (Å²) >= 11 is 0. The maximum atomic E-state index is 13.0. The van der Waals surface area contributed by atoms with E-state index in [4.69, 9.17) is 0 Å². The second-order valence-corrected chi connectivity index (χ2v) is 9.10. The highest BCUT2D eigenvalue weighted by Gasteiger charge is 2.33. The summed E-state index contributed by atoms with van der Waals surface area (Å²) in [6.45, 7) is 4.81. The Morgan fingerprint density at radius 2 is 1.68 bits per heavy atom. The van der Waals surface area contributed by atoms with E-state index in [1.54, 1.807) is 30.3 Å². The number of hydrogen-bond donors (Lipinski definition) is 1. The Morgan fingerprint density at radius 1 is 1.04 bits per heavy atom. The molecule has 2 aromatic rings. The molecule has 1 heterocycles. The standard InChI is InChI=1S/C22H28N2O3S/c1-3-17-10-8-11-18(4-2)21(17)23-22(25)19-12-9-15-24(16-19)28(26,27)20-13-6-5-7-14-20/h5-8,10-11,13-14,19H,3-4,9,12,15-16H2,1-2H3,(H,23,25)/t19-/m1/s1. The van der Waals surface area contributed by atoms with Crippen molar-refractivity contribution >= 4 is 21.6 Å². The maximum Gasteiger partial charge on any atom is 0.243 e. The smallest absolute Gasteiger partial charge is 0.243 e. The number of hydrogen-bond acceptors (Lipinski definition) is 3. The van der Waals surface area contributed by atoms with Gasteiger partial charge in [0.2, 0.25) is 15.9 Å². The zero-order chi connectivity index (χ0) is 20.1. The van der Waals surface area contributed by atoms with Crippen molar-refractivity contribution in [3.05, 3.63) is 59.7 Å². The van der Waals surface area contributed by atoms with Crippen LogP contribution in [-0.4, -0.2) is 31.7 Å². The largest absolute Gasteiger partial charge is 0.325 e. The van der Waals surface area contributed by atoms with Crippen LogP contribution in [0.25, 0.3) is 0 Å². The fourth-order valence-electron chi connectivity index (χ4n) is 3.74. The molecule has 28 heavy (non-hydrogen) atoms. The lowest BCUT2D eigenvalue weighted by atomic mass is 9.97. The molecule has 1 N–H and O–H groups in total. The van der Waals surface area contributed by atoms with Crippen LogP contribution < -0.4 is 5.32 Å². The first-order valence-electron chi connectivity index (χ1n) is 9.94. The lowest BCUT2D eigenvalue weighted by molar-refractivity contribution is -0.120. The van der Waals surface area contributed by atoms with E-state index in [1.807, 2.05) is 18.2 Å². The van der Waals surface area contributed by atoms with E-state index in [0.29, 0.717) is 19.4 Å². The van der Waals surface area contributed by atoms with E-state index >= 15 is 0 Å². The van der Waals surface area contributed by atoms with Crippen LogP contribution in [0.5, 0.6) is 0 Å². The third-order valence-corrected chi connectivity index (χ3v) is 7.26. The molecular weight excluding hydrogens is 372 g/mol. The van der Waals surface area contributed by atoms with Gasteiger partial charge in [-0.1, -0.05) is 50.2 Å². The average molecular weight is 401 g/mol. The first kappa shape index (κ1) is 20.6. The van der Waals surface area contributed by atoms with Gasteiger partial charge in [0.05, 0.1) is 10.8 Å². The van der Waals surface area contributed by atoms with E-state index < -0.39 is 10.0 Å². The molecule has 150 valence electrons. The molecule has 1 atom stereocenters. The summed E-state index contributed by atoms with van der Waals surface area (Å²) in [7, 11) is -3.57. The molecule has 0 bridgehead atoms. The molecule has 0 aromatic heterocycles. The van der Waals surface area contributed by atoms with Gasteiger partial charge in [-0.25, -0.2) is 8.42 Å². The van der Waals surface area contributed by atoms with Crippen LogP contribution >= 0.6 is 0 Å². The van der Waals surface area contributed by atoms with Gasteiger partial charge in [-0.2, -0.15) is 4.31 Å². The first-order valence-corrected chi connectivity index (χ1v) is 11.4. The van der Waals surface area contributed by atoms with Crippen molar-refractivity contribution in [2.45, 2.75) is 44.4 Å².